The van der Waals surface area contributed by atoms with Gasteiger partial charge in [-0.15, -0.1) is 0 Å². The van der Waals surface area contributed by atoms with Gasteiger partial charge in [0.1, 0.15) is 23.4 Å². The van der Waals surface area contributed by atoms with E-state index >= 15 is 0 Å². The number of nitrogens with zero attached hydrogens (tertiary/aromatic N) is 1. The second kappa shape index (κ2) is 14.9. The molecule has 0 radical (unpaired) electrons. The quantitative estimate of drug-likeness (QED) is 0.158. The summed E-state index contributed by atoms with van der Waals surface area (Å²) in [7, 11) is 0. The number of carbonyl (C=O) groups is 4. The van der Waals surface area contributed by atoms with Crippen LogP contribution < -0.4 is 16.4 Å². The highest BCUT2D eigenvalue weighted by Gasteiger charge is 2.47. The Morgan fingerprint density at radius 2 is 1.79 bits per heavy atom. The van der Waals surface area contributed by atoms with Crippen LogP contribution in [0, 0.1) is 17.7 Å². The third kappa shape index (κ3) is 7.67. The topological polar surface area (TPSA) is 158 Å². The van der Waals surface area contributed by atoms with Gasteiger partial charge < -0.3 is 26.5 Å². The minimum Gasteiger partial charge on any atom is -0.465 e. The van der Waals surface area contributed by atoms with Gasteiger partial charge in [-0.3, -0.25) is 19.3 Å². The van der Waals surface area contributed by atoms with Crippen LogP contribution in [0.25, 0.3) is 10.9 Å². The first-order valence-corrected chi connectivity index (χ1v) is 16.6. The zero-order valence-electron chi connectivity index (χ0n) is 27.0. The molecule has 254 valence electrons. The Labute approximate surface area is 283 Å². The number of carboxylic acid groups (broad SMARTS) is 1. The Hall–Kier alpha value is -3.83. The van der Waals surface area contributed by atoms with Crippen molar-refractivity contribution in [2.24, 2.45) is 17.6 Å². The molecule has 1 aliphatic carbocycles. The van der Waals surface area contributed by atoms with E-state index in [-0.39, 0.29) is 31.7 Å². The second-order valence-electron chi connectivity index (χ2n) is 12.5. The summed E-state index contributed by atoms with van der Waals surface area (Å²) >= 11 is 12.8. The maximum absolute atomic E-state index is 14.4. The fraction of sp³-hybridized carbons (Fsp3) is 0.471. The highest BCUT2D eigenvalue weighted by molar-refractivity contribution is 6.38. The van der Waals surface area contributed by atoms with Crippen molar-refractivity contribution in [1.29, 1.82) is 0 Å². The van der Waals surface area contributed by atoms with Crippen LogP contribution in [-0.2, 0) is 33.6 Å². The smallest absolute Gasteiger partial charge is 0.407 e. The van der Waals surface area contributed by atoms with E-state index in [1.54, 1.807) is 44.2 Å². The lowest BCUT2D eigenvalue weighted by molar-refractivity contribution is -0.139. The normalized spacial score (nSPS) is 18.4. The minimum atomic E-state index is -1.59. The Morgan fingerprint density at radius 3 is 2.40 bits per heavy atom. The number of hydrogen-bond acceptors (Lipinski definition) is 4. The van der Waals surface area contributed by atoms with Crippen LogP contribution in [0.2, 0.25) is 10.0 Å². The molecule has 0 saturated carbocycles. The maximum Gasteiger partial charge on any atom is 0.407 e. The number of fused-ring (bicyclic) bond motifs is 3. The van der Waals surface area contributed by atoms with E-state index in [0.29, 0.717) is 45.8 Å². The van der Waals surface area contributed by atoms with Crippen LogP contribution in [0.5, 0.6) is 0 Å². The maximum atomic E-state index is 14.4. The standard InChI is InChI=1S/C34H42Cl2FN5O5/c1-5-18(3)27(30(38)43)40-32(45)34(13-11-26-23(17-34)22-15-21(35)16-24(36)28(22)39-26)41-31(44)29(19(4)6-2)42(33(46)47)14-12-20-9-7-8-10-25(20)37/h7-10,15-16,18-19,27,29,39H,5-6,11-14,17H2,1-4H3,(H2,38,43)(H,40,45)(H,41,44)(H,46,47)/t18-,19-,27?,29?,34+/m0/s1. The first-order chi connectivity index (χ1) is 22.2. The fourth-order valence-corrected chi connectivity index (χ4v) is 6.91. The van der Waals surface area contributed by atoms with Gasteiger partial charge in [0.15, 0.2) is 0 Å². The first-order valence-electron chi connectivity index (χ1n) is 15.9. The molecule has 3 aromatic rings. The summed E-state index contributed by atoms with van der Waals surface area (Å²) in [4.78, 5) is 58.1. The monoisotopic (exact) mass is 689 g/mol. The Bertz CT molecular complexity index is 1670. The average Bonchev–Trinajstić information content (AvgIpc) is 3.39. The van der Waals surface area contributed by atoms with Gasteiger partial charge in [0.2, 0.25) is 17.7 Å². The van der Waals surface area contributed by atoms with Gasteiger partial charge in [0.25, 0.3) is 0 Å². The Balaban J connectivity index is 1.76. The summed E-state index contributed by atoms with van der Waals surface area (Å²) in [6, 6.07) is 7.20. The number of halogens is 3. The summed E-state index contributed by atoms with van der Waals surface area (Å²) in [5.41, 5.74) is 6.62. The molecule has 5 atom stereocenters. The van der Waals surface area contributed by atoms with E-state index in [1.165, 1.54) is 6.07 Å². The molecule has 2 unspecified atom stereocenters. The number of nitrogens with one attached hydrogen (secondary N) is 3. The van der Waals surface area contributed by atoms with E-state index in [9.17, 15) is 28.7 Å². The van der Waals surface area contributed by atoms with Crippen molar-refractivity contribution in [2.45, 2.75) is 83.8 Å². The average molecular weight is 691 g/mol. The van der Waals surface area contributed by atoms with Crippen LogP contribution in [0.4, 0.5) is 9.18 Å². The van der Waals surface area contributed by atoms with Gasteiger partial charge in [0.05, 0.1) is 10.5 Å². The summed E-state index contributed by atoms with van der Waals surface area (Å²) in [5.74, 6) is -3.22. The molecule has 6 N–H and O–H groups in total. The zero-order valence-corrected chi connectivity index (χ0v) is 28.5. The first kappa shape index (κ1) is 36.0. The van der Waals surface area contributed by atoms with E-state index in [0.717, 1.165) is 16.2 Å². The van der Waals surface area contributed by atoms with Crippen LogP contribution >= 0.6 is 23.2 Å². The summed E-state index contributed by atoms with van der Waals surface area (Å²) in [5, 5.41) is 17.5. The van der Waals surface area contributed by atoms with E-state index < -0.39 is 53.2 Å². The van der Waals surface area contributed by atoms with Crippen LogP contribution in [0.1, 0.15) is 63.8 Å². The van der Waals surface area contributed by atoms with Crippen molar-refractivity contribution in [3.63, 3.8) is 0 Å². The molecule has 0 saturated heterocycles. The van der Waals surface area contributed by atoms with Crippen molar-refractivity contribution in [3.8, 4) is 0 Å². The predicted molar refractivity (Wildman–Crippen MR) is 180 cm³/mol. The number of aromatic nitrogens is 1. The molecule has 13 heteroatoms. The number of benzene rings is 2. The van der Waals surface area contributed by atoms with Crippen molar-refractivity contribution >= 4 is 57.9 Å². The molecule has 2 aromatic carbocycles. The largest absolute Gasteiger partial charge is 0.465 e. The molecular formula is C34H42Cl2FN5O5. The molecule has 47 heavy (non-hydrogen) atoms. The number of carbonyl (C=O) groups excluding carboxylic acids is 3. The molecule has 10 nitrogen and oxygen atoms in total. The number of rotatable bonds is 13. The molecule has 4 rings (SSSR count). The molecule has 0 fully saturated rings. The SMILES string of the molecule is CC[C@H](C)C(NC(=O)[C@@]1(NC(=O)C([C@@H](C)CC)N(CCc2ccccc2F)C(=O)O)CCc2[nH]c3c(Cl)cc(Cl)cc3c2C1)C(N)=O. The van der Waals surface area contributed by atoms with Crippen LogP contribution in [-0.4, -0.2) is 63.0 Å². The molecule has 0 aliphatic heterocycles. The van der Waals surface area contributed by atoms with Gasteiger partial charge >= 0.3 is 6.09 Å². The van der Waals surface area contributed by atoms with Crippen LogP contribution in [0.15, 0.2) is 36.4 Å². The lowest BCUT2D eigenvalue weighted by Gasteiger charge is -2.41. The van der Waals surface area contributed by atoms with Crippen molar-refractivity contribution in [3.05, 3.63) is 69.1 Å². The third-order valence-corrected chi connectivity index (χ3v) is 10.0. The molecule has 0 spiro atoms. The Kier molecular flexibility index (Phi) is 11.4. The summed E-state index contributed by atoms with van der Waals surface area (Å²) in [6.07, 6.45) is 0.179. The highest BCUT2D eigenvalue weighted by Crippen LogP contribution is 2.38. The molecular weight excluding hydrogens is 648 g/mol. The Morgan fingerprint density at radius 1 is 1.11 bits per heavy atom. The molecule has 0 bridgehead atoms. The van der Waals surface area contributed by atoms with Crippen molar-refractivity contribution in [1.82, 2.24) is 20.5 Å². The molecule has 1 aliphatic rings. The molecule has 4 amide bonds. The number of amides is 4. The number of nitrogens with two attached hydrogens (primary N) is 1. The van der Waals surface area contributed by atoms with Gasteiger partial charge in [-0.25, -0.2) is 9.18 Å². The number of hydrogen-bond donors (Lipinski definition) is 5. The second-order valence-corrected chi connectivity index (χ2v) is 13.4. The van der Waals surface area contributed by atoms with Crippen molar-refractivity contribution < 1.29 is 28.7 Å². The molecule has 1 heterocycles. The van der Waals surface area contributed by atoms with Gasteiger partial charge in [0, 0.05) is 29.1 Å². The zero-order chi connectivity index (χ0) is 34.6. The highest BCUT2D eigenvalue weighted by atomic mass is 35.5. The summed E-state index contributed by atoms with van der Waals surface area (Å²) in [6.45, 7) is 7.10. The van der Waals surface area contributed by atoms with E-state index in [2.05, 4.69) is 15.6 Å². The number of H-pyrrole nitrogens is 1. The van der Waals surface area contributed by atoms with E-state index in [4.69, 9.17) is 28.9 Å². The van der Waals surface area contributed by atoms with Crippen molar-refractivity contribution in [2.75, 3.05) is 6.54 Å². The van der Waals surface area contributed by atoms with Gasteiger partial charge in [-0.05, 0) is 60.4 Å². The number of primary amides is 1. The fourth-order valence-electron chi connectivity index (χ4n) is 6.37. The third-order valence-electron chi connectivity index (χ3n) is 9.52. The summed E-state index contributed by atoms with van der Waals surface area (Å²) < 4.78 is 14.4. The van der Waals surface area contributed by atoms with Gasteiger partial charge in [-0.2, -0.15) is 0 Å². The molecule has 1 aromatic heterocycles. The number of aromatic amines is 1. The number of aryl methyl sites for hydroxylation is 1. The lowest BCUT2D eigenvalue weighted by atomic mass is 9.78. The van der Waals surface area contributed by atoms with Gasteiger partial charge in [-0.1, -0.05) is 81.9 Å². The predicted octanol–water partition coefficient (Wildman–Crippen LogP) is 5.61. The van der Waals surface area contributed by atoms with Crippen LogP contribution in [0.3, 0.4) is 0 Å². The van der Waals surface area contributed by atoms with E-state index in [1.807, 2.05) is 13.8 Å². The lowest BCUT2D eigenvalue weighted by Crippen LogP contribution is -2.67. The minimum absolute atomic E-state index is 0.0120.